The summed E-state index contributed by atoms with van der Waals surface area (Å²) in [5.74, 6) is -0.0579. The maximum absolute atomic E-state index is 13.1. The minimum atomic E-state index is -4.70. The summed E-state index contributed by atoms with van der Waals surface area (Å²) in [5, 5.41) is 11.6. The van der Waals surface area contributed by atoms with Crippen LogP contribution in [0.5, 0.6) is 5.75 Å². The van der Waals surface area contributed by atoms with Crippen LogP contribution in [0.3, 0.4) is 0 Å². The van der Waals surface area contributed by atoms with Crippen molar-refractivity contribution in [3.8, 4) is 5.75 Å². The molecule has 0 unspecified atom stereocenters. The molecule has 0 bridgehead atoms. The number of nitrogens with zero attached hydrogens (tertiary/aromatic N) is 3. The fourth-order valence-corrected chi connectivity index (χ4v) is 4.74. The van der Waals surface area contributed by atoms with E-state index in [1.807, 2.05) is 0 Å². The van der Waals surface area contributed by atoms with Crippen molar-refractivity contribution in [1.82, 2.24) is 20.4 Å². The number of rotatable bonds is 7. The minimum absolute atomic E-state index is 0.0972. The zero-order chi connectivity index (χ0) is 29.2. The molecule has 1 saturated carbocycles. The number of benzene rings is 1. The fourth-order valence-electron chi connectivity index (χ4n) is 4.45. The van der Waals surface area contributed by atoms with Crippen LogP contribution >= 0.6 is 23.2 Å². The Morgan fingerprint density at radius 3 is 2.45 bits per heavy atom. The molecular weight excluding hydrogens is 580 g/mol. The molecule has 2 amide bonds. The maximum Gasteiger partial charge on any atom is 0.522 e. The third-order valence-corrected chi connectivity index (χ3v) is 7.06. The number of nitrogens with one attached hydrogen (secondary N) is 1. The van der Waals surface area contributed by atoms with Gasteiger partial charge in [0.15, 0.2) is 6.61 Å². The van der Waals surface area contributed by atoms with E-state index in [4.69, 9.17) is 37.1 Å². The van der Waals surface area contributed by atoms with Crippen LogP contribution in [0.25, 0.3) is 0 Å². The van der Waals surface area contributed by atoms with Crippen molar-refractivity contribution >= 4 is 35.2 Å². The van der Waals surface area contributed by atoms with Gasteiger partial charge in [0.05, 0.1) is 16.1 Å². The minimum Gasteiger partial charge on any atom is -0.484 e. The number of halogens is 5. The Bertz CT molecular complexity index is 1220. The van der Waals surface area contributed by atoms with Crippen molar-refractivity contribution in [2.75, 3.05) is 13.2 Å². The van der Waals surface area contributed by atoms with Crippen molar-refractivity contribution < 1.29 is 41.4 Å². The molecule has 220 valence electrons. The molecule has 1 aliphatic carbocycles. The second-order valence-electron chi connectivity index (χ2n) is 10.7. The van der Waals surface area contributed by atoms with Gasteiger partial charge in [-0.15, -0.1) is 23.4 Å². The number of carbonyl (C=O) groups excluding carboxylic acids is 2. The summed E-state index contributed by atoms with van der Waals surface area (Å²) in [6.07, 6.45) is -5.26. The lowest BCUT2D eigenvalue weighted by atomic mass is 9.82. The summed E-state index contributed by atoms with van der Waals surface area (Å²) in [6.45, 7) is 5.00. The van der Waals surface area contributed by atoms with E-state index in [2.05, 4.69) is 20.3 Å². The zero-order valence-corrected chi connectivity index (χ0v) is 23.5. The molecule has 40 heavy (non-hydrogen) atoms. The van der Waals surface area contributed by atoms with E-state index in [0.29, 0.717) is 28.6 Å². The highest BCUT2D eigenvalue weighted by molar-refractivity contribution is 6.42. The Morgan fingerprint density at radius 2 is 1.80 bits per heavy atom. The second kappa shape index (κ2) is 12.0. The molecule has 2 heterocycles. The molecular formula is C25H29Cl2F3N4O6. The van der Waals surface area contributed by atoms with Gasteiger partial charge in [-0.1, -0.05) is 23.2 Å². The molecule has 1 aliphatic heterocycles. The number of likely N-dealkylation sites (tertiary alicyclic amines) is 1. The van der Waals surface area contributed by atoms with Gasteiger partial charge in [0, 0.05) is 24.6 Å². The normalized spacial score (nSPS) is 23.4. The number of piperidine rings is 1. The first kappa shape index (κ1) is 30.2. The third-order valence-electron chi connectivity index (χ3n) is 6.32. The molecule has 1 saturated heterocycles. The van der Waals surface area contributed by atoms with Gasteiger partial charge in [-0.25, -0.2) is 4.79 Å². The molecule has 2 atom stereocenters. The van der Waals surface area contributed by atoms with E-state index in [0.717, 1.165) is 0 Å². The van der Waals surface area contributed by atoms with Crippen molar-refractivity contribution in [3.63, 3.8) is 0 Å². The predicted molar refractivity (Wildman–Crippen MR) is 136 cm³/mol. The SMILES string of the molecule is CC(C)(C)OC(=O)N1C[C@@H](NC(=O)COc2ccc(Cl)c(Cl)c2)CC[C@@H]1c1nnc(C2CC(OC(F)(F)F)C2)o1. The molecule has 2 fully saturated rings. The first-order valence-electron chi connectivity index (χ1n) is 12.6. The number of hydrogen-bond acceptors (Lipinski definition) is 8. The molecule has 0 spiro atoms. The Morgan fingerprint density at radius 1 is 1.10 bits per heavy atom. The van der Waals surface area contributed by atoms with Crippen LogP contribution in [0.1, 0.15) is 70.2 Å². The highest BCUT2D eigenvalue weighted by Crippen LogP contribution is 2.42. The number of aromatic nitrogens is 2. The van der Waals surface area contributed by atoms with Gasteiger partial charge in [-0.2, -0.15) is 0 Å². The van der Waals surface area contributed by atoms with E-state index >= 15 is 0 Å². The van der Waals surface area contributed by atoms with Crippen LogP contribution in [0.15, 0.2) is 22.6 Å². The van der Waals surface area contributed by atoms with Crippen LogP contribution in [0, 0.1) is 0 Å². The van der Waals surface area contributed by atoms with Crippen LogP contribution in [0.2, 0.25) is 10.0 Å². The first-order valence-corrected chi connectivity index (χ1v) is 13.4. The molecule has 2 aliphatic rings. The van der Waals surface area contributed by atoms with Crippen LogP contribution in [0.4, 0.5) is 18.0 Å². The Balaban J connectivity index is 1.38. The molecule has 1 N–H and O–H groups in total. The number of ether oxygens (including phenoxy) is 3. The average Bonchev–Trinajstić information content (AvgIpc) is 3.29. The summed E-state index contributed by atoms with van der Waals surface area (Å²) in [6, 6.07) is 3.59. The lowest BCUT2D eigenvalue weighted by Crippen LogP contribution is -2.52. The number of alkyl halides is 3. The predicted octanol–water partition coefficient (Wildman–Crippen LogP) is 5.79. The zero-order valence-electron chi connectivity index (χ0n) is 22.0. The van der Waals surface area contributed by atoms with Gasteiger partial charge in [-0.3, -0.25) is 14.4 Å². The van der Waals surface area contributed by atoms with Crippen molar-refractivity contribution in [2.24, 2.45) is 0 Å². The summed E-state index contributed by atoms with van der Waals surface area (Å²) >= 11 is 11.9. The topological polar surface area (TPSA) is 116 Å². The van der Waals surface area contributed by atoms with Crippen LogP contribution < -0.4 is 10.1 Å². The summed E-state index contributed by atoms with van der Waals surface area (Å²) in [4.78, 5) is 27.1. The quantitative estimate of drug-likeness (QED) is 0.419. The van der Waals surface area contributed by atoms with Gasteiger partial charge in [-0.05, 0) is 58.6 Å². The second-order valence-corrected chi connectivity index (χ2v) is 11.5. The van der Waals surface area contributed by atoms with E-state index in [9.17, 15) is 22.8 Å². The Hall–Kier alpha value is -2.77. The van der Waals surface area contributed by atoms with Crippen molar-refractivity contribution in [1.29, 1.82) is 0 Å². The fraction of sp³-hybridized carbons (Fsp3) is 0.600. The number of amides is 2. The maximum atomic E-state index is 13.1. The molecule has 4 rings (SSSR count). The van der Waals surface area contributed by atoms with Crippen LogP contribution in [-0.4, -0.2) is 64.4 Å². The molecule has 0 radical (unpaired) electrons. The number of carbonyl (C=O) groups is 2. The lowest BCUT2D eigenvalue weighted by molar-refractivity contribution is -0.352. The van der Waals surface area contributed by atoms with Gasteiger partial charge in [0.25, 0.3) is 5.91 Å². The van der Waals surface area contributed by atoms with Crippen molar-refractivity contribution in [3.05, 3.63) is 40.0 Å². The first-order chi connectivity index (χ1) is 18.7. The number of hydrogen-bond donors (Lipinski definition) is 1. The Kier molecular flexibility index (Phi) is 9.05. The lowest BCUT2D eigenvalue weighted by Gasteiger charge is -2.38. The largest absolute Gasteiger partial charge is 0.522 e. The van der Waals surface area contributed by atoms with Crippen molar-refractivity contribution in [2.45, 2.75) is 82.5 Å². The third kappa shape index (κ3) is 8.14. The van der Waals surface area contributed by atoms with Gasteiger partial charge >= 0.3 is 12.5 Å². The molecule has 1 aromatic carbocycles. The smallest absolute Gasteiger partial charge is 0.484 e. The highest BCUT2D eigenvalue weighted by Gasteiger charge is 2.44. The van der Waals surface area contributed by atoms with Gasteiger partial charge < -0.3 is 19.2 Å². The standard InChI is InChI=1S/C25H29Cl2F3N4O6/c1-24(2,3)40-23(36)34-11-14(31-20(35)12-37-15-5-6-17(26)18(27)10-15)4-7-19(34)22-33-32-21(38-22)13-8-16(9-13)39-25(28,29)30/h5-6,10,13-14,16,19H,4,7-9,11-12H2,1-3H3,(H,31,35)/t13?,14-,16?,19+/m0/s1. The van der Waals surface area contributed by atoms with E-state index in [1.54, 1.807) is 32.9 Å². The van der Waals surface area contributed by atoms with E-state index in [-0.39, 0.29) is 43.7 Å². The summed E-state index contributed by atoms with van der Waals surface area (Å²) < 4.78 is 58.2. The summed E-state index contributed by atoms with van der Waals surface area (Å²) in [5.41, 5.74) is -0.787. The van der Waals surface area contributed by atoms with Crippen LogP contribution in [-0.2, 0) is 14.3 Å². The summed E-state index contributed by atoms with van der Waals surface area (Å²) in [7, 11) is 0. The highest BCUT2D eigenvalue weighted by atomic mass is 35.5. The van der Waals surface area contributed by atoms with E-state index in [1.165, 1.54) is 11.0 Å². The molecule has 2 aromatic rings. The molecule has 15 heteroatoms. The van der Waals surface area contributed by atoms with Gasteiger partial charge in [0.1, 0.15) is 17.4 Å². The van der Waals surface area contributed by atoms with E-state index < -0.39 is 42.2 Å². The average molecular weight is 609 g/mol. The van der Waals surface area contributed by atoms with Gasteiger partial charge in [0.2, 0.25) is 11.8 Å². The Labute approximate surface area is 238 Å². The molecule has 10 nitrogen and oxygen atoms in total. The monoisotopic (exact) mass is 608 g/mol. The molecule has 1 aromatic heterocycles.